The Morgan fingerprint density at radius 3 is 2.67 bits per heavy atom. The van der Waals surface area contributed by atoms with E-state index in [1.165, 1.54) is 19.3 Å². The molecular formula is C16H33N3O2. The van der Waals surface area contributed by atoms with Gasteiger partial charge in [0.25, 0.3) is 0 Å². The number of nitrogens with one attached hydrogen (secondary N) is 1. The molecule has 124 valence electrons. The number of likely N-dealkylation sites (tertiary alicyclic amines) is 1. The smallest absolute Gasteiger partial charge is 0.407 e. The molecule has 0 saturated carbocycles. The number of nitrogens with zero attached hydrogens (tertiary/aromatic N) is 1. The van der Waals surface area contributed by atoms with Crippen LogP contribution in [-0.2, 0) is 4.74 Å². The predicted molar refractivity (Wildman–Crippen MR) is 86.3 cm³/mol. The van der Waals surface area contributed by atoms with Gasteiger partial charge < -0.3 is 15.8 Å². The number of alkyl carbamates (subject to hydrolysis) is 1. The summed E-state index contributed by atoms with van der Waals surface area (Å²) in [4.78, 5) is 14.3. The second kappa shape index (κ2) is 7.99. The van der Waals surface area contributed by atoms with Gasteiger partial charge in [-0.25, -0.2) is 4.79 Å². The Morgan fingerprint density at radius 1 is 1.48 bits per heavy atom. The topological polar surface area (TPSA) is 67.6 Å². The normalized spacial score (nSPS) is 23.4. The summed E-state index contributed by atoms with van der Waals surface area (Å²) in [6.07, 6.45) is 3.37. The number of hydrogen-bond donors (Lipinski definition) is 2. The lowest BCUT2D eigenvalue weighted by Gasteiger charge is -2.40. The number of ether oxygens (including phenoxy) is 1. The minimum absolute atomic E-state index is 0.0135. The Labute approximate surface area is 129 Å². The lowest BCUT2D eigenvalue weighted by molar-refractivity contribution is 0.0444. The molecule has 3 N–H and O–H groups in total. The lowest BCUT2D eigenvalue weighted by atomic mass is 9.93. The molecular weight excluding hydrogens is 266 g/mol. The molecule has 3 unspecified atom stereocenters. The first-order valence-electron chi connectivity index (χ1n) is 8.20. The maximum Gasteiger partial charge on any atom is 0.407 e. The highest BCUT2D eigenvalue weighted by molar-refractivity contribution is 5.68. The molecule has 0 aromatic rings. The van der Waals surface area contributed by atoms with Crippen molar-refractivity contribution in [2.24, 2.45) is 11.7 Å². The van der Waals surface area contributed by atoms with Crippen LogP contribution < -0.4 is 11.1 Å². The fourth-order valence-corrected chi connectivity index (χ4v) is 2.99. The monoisotopic (exact) mass is 299 g/mol. The SMILES string of the molecule is CCC1CCCN(C(CN)C(C)NC(=O)OC(C)(C)C)C1. The first-order chi connectivity index (χ1) is 9.76. The molecule has 5 heteroatoms. The summed E-state index contributed by atoms with van der Waals surface area (Å²) in [5.41, 5.74) is 5.49. The van der Waals surface area contributed by atoms with E-state index in [9.17, 15) is 4.79 Å². The average Bonchev–Trinajstić information content (AvgIpc) is 2.37. The molecule has 0 radical (unpaired) electrons. The van der Waals surface area contributed by atoms with E-state index >= 15 is 0 Å². The Hall–Kier alpha value is -0.810. The van der Waals surface area contributed by atoms with E-state index in [0.29, 0.717) is 6.54 Å². The summed E-state index contributed by atoms with van der Waals surface area (Å²) in [7, 11) is 0. The fraction of sp³-hybridized carbons (Fsp3) is 0.938. The molecule has 1 saturated heterocycles. The second-order valence-corrected chi connectivity index (χ2v) is 7.15. The van der Waals surface area contributed by atoms with Crippen molar-refractivity contribution in [1.29, 1.82) is 0 Å². The van der Waals surface area contributed by atoms with E-state index in [1.54, 1.807) is 0 Å². The summed E-state index contributed by atoms with van der Waals surface area (Å²) in [5.74, 6) is 0.751. The highest BCUT2D eigenvalue weighted by atomic mass is 16.6. The highest BCUT2D eigenvalue weighted by Crippen LogP contribution is 2.21. The minimum Gasteiger partial charge on any atom is -0.444 e. The molecule has 1 aliphatic rings. The van der Waals surface area contributed by atoms with Gasteiger partial charge in [0, 0.05) is 25.2 Å². The third kappa shape index (κ3) is 6.22. The number of hydrogen-bond acceptors (Lipinski definition) is 4. The van der Waals surface area contributed by atoms with Gasteiger partial charge in [0.15, 0.2) is 0 Å². The van der Waals surface area contributed by atoms with Crippen LogP contribution in [0.3, 0.4) is 0 Å². The number of nitrogens with two attached hydrogens (primary N) is 1. The predicted octanol–water partition coefficient (Wildman–Crippen LogP) is 2.35. The molecule has 1 rings (SSSR count). The maximum absolute atomic E-state index is 11.9. The Kier molecular flexibility index (Phi) is 6.94. The van der Waals surface area contributed by atoms with E-state index in [-0.39, 0.29) is 18.2 Å². The van der Waals surface area contributed by atoms with Crippen LogP contribution in [0, 0.1) is 5.92 Å². The number of carbonyl (C=O) groups is 1. The van der Waals surface area contributed by atoms with E-state index in [1.807, 2.05) is 27.7 Å². The van der Waals surface area contributed by atoms with Gasteiger partial charge in [0.2, 0.25) is 0 Å². The van der Waals surface area contributed by atoms with Gasteiger partial charge >= 0.3 is 6.09 Å². The summed E-state index contributed by atoms with van der Waals surface area (Å²) >= 11 is 0. The summed E-state index contributed by atoms with van der Waals surface area (Å²) < 4.78 is 5.32. The fourth-order valence-electron chi connectivity index (χ4n) is 2.99. The first-order valence-corrected chi connectivity index (χ1v) is 8.20. The minimum atomic E-state index is -0.472. The molecule has 5 nitrogen and oxygen atoms in total. The van der Waals surface area contributed by atoms with Gasteiger partial charge in [0.05, 0.1) is 0 Å². The van der Waals surface area contributed by atoms with Crippen LogP contribution in [0.25, 0.3) is 0 Å². The van der Waals surface area contributed by atoms with Gasteiger partial charge in [-0.05, 0) is 53.0 Å². The number of rotatable bonds is 5. The van der Waals surface area contributed by atoms with E-state index in [2.05, 4.69) is 17.1 Å². The molecule has 1 heterocycles. The molecule has 3 atom stereocenters. The van der Waals surface area contributed by atoms with Gasteiger partial charge in [0.1, 0.15) is 5.60 Å². The van der Waals surface area contributed by atoms with E-state index < -0.39 is 5.60 Å². The summed E-state index contributed by atoms with van der Waals surface area (Å²) in [6.45, 7) is 12.6. The van der Waals surface area contributed by atoms with Crippen LogP contribution in [0.15, 0.2) is 0 Å². The zero-order valence-electron chi connectivity index (χ0n) is 14.3. The largest absolute Gasteiger partial charge is 0.444 e. The molecule has 0 bridgehead atoms. The molecule has 1 fully saturated rings. The van der Waals surface area contributed by atoms with Crippen molar-refractivity contribution in [1.82, 2.24) is 10.2 Å². The zero-order chi connectivity index (χ0) is 16.0. The van der Waals surface area contributed by atoms with Crippen LogP contribution in [0.1, 0.15) is 53.9 Å². The van der Waals surface area contributed by atoms with Crippen molar-refractivity contribution in [3.05, 3.63) is 0 Å². The quantitative estimate of drug-likeness (QED) is 0.817. The Bertz CT molecular complexity index is 328. The van der Waals surface area contributed by atoms with Crippen molar-refractivity contribution in [2.45, 2.75) is 71.6 Å². The lowest BCUT2D eigenvalue weighted by Crippen LogP contribution is -2.56. The summed E-state index contributed by atoms with van der Waals surface area (Å²) in [5, 5.41) is 2.93. The number of carbonyl (C=O) groups excluding carboxylic acids is 1. The molecule has 0 aromatic carbocycles. The summed E-state index contributed by atoms with van der Waals surface area (Å²) in [6, 6.07) is 0.160. The molecule has 1 aliphatic heterocycles. The van der Waals surface area contributed by atoms with Crippen LogP contribution in [0.5, 0.6) is 0 Å². The van der Waals surface area contributed by atoms with Gasteiger partial charge in [-0.2, -0.15) is 0 Å². The van der Waals surface area contributed by atoms with Gasteiger partial charge in [-0.1, -0.05) is 13.3 Å². The molecule has 0 spiro atoms. The average molecular weight is 299 g/mol. The maximum atomic E-state index is 11.9. The van der Waals surface area contributed by atoms with E-state index in [0.717, 1.165) is 19.0 Å². The van der Waals surface area contributed by atoms with Gasteiger partial charge in [-0.15, -0.1) is 0 Å². The van der Waals surface area contributed by atoms with Crippen molar-refractivity contribution in [2.75, 3.05) is 19.6 Å². The molecule has 0 aliphatic carbocycles. The van der Waals surface area contributed by atoms with E-state index in [4.69, 9.17) is 10.5 Å². The highest BCUT2D eigenvalue weighted by Gasteiger charge is 2.29. The van der Waals surface area contributed by atoms with Gasteiger partial charge in [-0.3, -0.25) is 4.90 Å². The van der Waals surface area contributed by atoms with Crippen molar-refractivity contribution in [3.63, 3.8) is 0 Å². The third-order valence-electron chi connectivity index (χ3n) is 4.16. The second-order valence-electron chi connectivity index (χ2n) is 7.15. The van der Waals surface area contributed by atoms with Crippen LogP contribution >= 0.6 is 0 Å². The Balaban J connectivity index is 2.56. The van der Waals surface area contributed by atoms with Crippen molar-refractivity contribution in [3.8, 4) is 0 Å². The third-order valence-corrected chi connectivity index (χ3v) is 4.16. The van der Waals surface area contributed by atoms with Crippen LogP contribution in [-0.4, -0.2) is 48.3 Å². The number of amides is 1. The molecule has 0 aromatic heterocycles. The van der Waals surface area contributed by atoms with Crippen LogP contribution in [0.4, 0.5) is 4.79 Å². The van der Waals surface area contributed by atoms with Crippen molar-refractivity contribution >= 4 is 6.09 Å². The zero-order valence-corrected chi connectivity index (χ0v) is 14.3. The molecule has 21 heavy (non-hydrogen) atoms. The molecule has 1 amide bonds. The number of piperidine rings is 1. The van der Waals surface area contributed by atoms with Crippen molar-refractivity contribution < 1.29 is 9.53 Å². The first kappa shape index (κ1) is 18.2. The van der Waals surface area contributed by atoms with Crippen LogP contribution in [0.2, 0.25) is 0 Å². The standard InChI is InChI=1S/C16H33N3O2/c1-6-13-8-7-9-19(11-13)14(10-17)12(2)18-15(20)21-16(3,4)5/h12-14H,6-11,17H2,1-5H3,(H,18,20). The Morgan fingerprint density at radius 2 is 2.14 bits per heavy atom.